The van der Waals surface area contributed by atoms with Gasteiger partial charge in [0.15, 0.2) is 5.79 Å². The number of benzene rings is 1. The van der Waals surface area contributed by atoms with Crippen molar-refractivity contribution in [3.63, 3.8) is 0 Å². The number of rotatable bonds is 5. The summed E-state index contributed by atoms with van der Waals surface area (Å²) >= 11 is 6.16. The van der Waals surface area contributed by atoms with Crippen LogP contribution in [0.5, 0.6) is 0 Å². The van der Waals surface area contributed by atoms with Gasteiger partial charge in [-0.3, -0.25) is 0 Å². The van der Waals surface area contributed by atoms with Crippen LogP contribution in [0.3, 0.4) is 0 Å². The summed E-state index contributed by atoms with van der Waals surface area (Å²) in [5.41, 5.74) is 3.21. The molecule has 0 aliphatic carbocycles. The molecule has 0 radical (unpaired) electrons. The van der Waals surface area contributed by atoms with Crippen molar-refractivity contribution in [1.82, 2.24) is 4.57 Å². The van der Waals surface area contributed by atoms with Crippen molar-refractivity contribution < 1.29 is 9.47 Å². The molecule has 1 aliphatic rings. The molecule has 1 N–H and O–H groups in total. The van der Waals surface area contributed by atoms with Gasteiger partial charge in [-0.15, -0.1) is 0 Å². The molecule has 0 amide bonds. The second-order valence-electron chi connectivity index (χ2n) is 5.53. The molecule has 22 heavy (non-hydrogen) atoms. The highest BCUT2D eigenvalue weighted by Crippen LogP contribution is 2.35. The van der Waals surface area contributed by atoms with E-state index in [0.717, 1.165) is 23.4 Å². The molecule has 2 aromatic rings. The van der Waals surface area contributed by atoms with E-state index in [9.17, 15) is 0 Å². The molecular formula is C17H21ClN2O2. The largest absolute Gasteiger partial charge is 0.380 e. The lowest BCUT2D eigenvalue weighted by Crippen LogP contribution is -2.25. The summed E-state index contributed by atoms with van der Waals surface area (Å²) < 4.78 is 13.7. The number of anilines is 1. The Labute approximate surface area is 136 Å². The van der Waals surface area contributed by atoms with Crippen LogP contribution in [0.2, 0.25) is 5.02 Å². The molecule has 0 saturated carbocycles. The van der Waals surface area contributed by atoms with Gasteiger partial charge < -0.3 is 19.4 Å². The van der Waals surface area contributed by atoms with E-state index in [-0.39, 0.29) is 0 Å². The molecule has 0 unspecified atom stereocenters. The lowest BCUT2D eigenvalue weighted by Gasteiger charge is -2.26. The first-order valence-electron chi connectivity index (χ1n) is 7.57. The van der Waals surface area contributed by atoms with Crippen LogP contribution in [0.15, 0.2) is 36.7 Å². The zero-order valence-corrected chi connectivity index (χ0v) is 13.7. The van der Waals surface area contributed by atoms with Gasteiger partial charge in [0.25, 0.3) is 0 Å². The van der Waals surface area contributed by atoms with E-state index in [1.54, 1.807) is 0 Å². The van der Waals surface area contributed by atoms with E-state index in [0.29, 0.717) is 24.8 Å². The summed E-state index contributed by atoms with van der Waals surface area (Å²) in [4.78, 5) is 0. The highest BCUT2D eigenvalue weighted by molar-refractivity contribution is 6.30. The van der Waals surface area contributed by atoms with Gasteiger partial charge in [0, 0.05) is 36.1 Å². The summed E-state index contributed by atoms with van der Waals surface area (Å²) in [5, 5.41) is 4.13. The summed E-state index contributed by atoms with van der Waals surface area (Å²) in [6.07, 6.45) is 4.16. The fourth-order valence-electron chi connectivity index (χ4n) is 2.73. The molecule has 1 aromatic heterocycles. The molecule has 3 rings (SSSR count). The number of aromatic nitrogens is 1. The predicted molar refractivity (Wildman–Crippen MR) is 88.1 cm³/mol. The summed E-state index contributed by atoms with van der Waals surface area (Å²) in [5.74, 6) is -0.711. The Morgan fingerprint density at radius 3 is 2.73 bits per heavy atom. The van der Waals surface area contributed by atoms with Crippen molar-refractivity contribution in [2.24, 2.45) is 0 Å². The SMILES string of the molecule is CCn1ccc(NCc2ccc(Cl)cc2C2(C)OCCO2)c1. The van der Waals surface area contributed by atoms with E-state index < -0.39 is 5.79 Å². The van der Waals surface area contributed by atoms with Gasteiger partial charge in [-0.25, -0.2) is 0 Å². The van der Waals surface area contributed by atoms with Crippen molar-refractivity contribution in [3.8, 4) is 0 Å². The van der Waals surface area contributed by atoms with E-state index in [1.807, 2.05) is 25.1 Å². The first-order valence-corrected chi connectivity index (χ1v) is 7.95. The highest BCUT2D eigenvalue weighted by atomic mass is 35.5. The van der Waals surface area contributed by atoms with Crippen molar-refractivity contribution in [3.05, 3.63) is 52.8 Å². The standard InChI is InChI=1S/C17H21ClN2O2/c1-3-20-7-6-15(12-20)19-11-13-4-5-14(18)10-16(13)17(2)21-8-9-22-17/h4-7,10,12,19H,3,8-9,11H2,1-2H3. The van der Waals surface area contributed by atoms with Crippen molar-refractivity contribution in [1.29, 1.82) is 0 Å². The lowest BCUT2D eigenvalue weighted by molar-refractivity contribution is -0.150. The molecule has 0 atom stereocenters. The number of nitrogens with zero attached hydrogens (tertiary/aromatic N) is 1. The number of nitrogens with one attached hydrogen (secondary N) is 1. The van der Waals surface area contributed by atoms with Crippen LogP contribution >= 0.6 is 11.6 Å². The minimum absolute atomic E-state index is 0.606. The maximum absolute atomic E-state index is 6.16. The van der Waals surface area contributed by atoms with E-state index in [4.69, 9.17) is 21.1 Å². The summed E-state index contributed by atoms with van der Waals surface area (Å²) in [7, 11) is 0. The Kier molecular flexibility index (Phi) is 4.43. The predicted octanol–water partition coefficient (Wildman–Crippen LogP) is 3.99. The number of halogens is 1. The second kappa shape index (κ2) is 6.32. The van der Waals surface area contributed by atoms with Gasteiger partial charge in [-0.1, -0.05) is 17.7 Å². The van der Waals surface area contributed by atoms with Crippen LogP contribution in [0.25, 0.3) is 0 Å². The van der Waals surface area contributed by atoms with Crippen LogP contribution in [0, 0.1) is 0 Å². The van der Waals surface area contributed by atoms with Crippen LogP contribution in [-0.4, -0.2) is 17.8 Å². The zero-order chi connectivity index (χ0) is 15.6. The highest BCUT2D eigenvalue weighted by Gasteiger charge is 2.35. The molecule has 1 fully saturated rings. The molecule has 1 saturated heterocycles. The van der Waals surface area contributed by atoms with Gasteiger partial charge in [-0.2, -0.15) is 0 Å². The fourth-order valence-corrected chi connectivity index (χ4v) is 2.91. The molecule has 118 valence electrons. The summed E-state index contributed by atoms with van der Waals surface area (Å²) in [6.45, 7) is 6.94. The third-order valence-electron chi connectivity index (χ3n) is 4.00. The minimum atomic E-state index is -0.711. The summed E-state index contributed by atoms with van der Waals surface area (Å²) in [6, 6.07) is 7.93. The van der Waals surface area contributed by atoms with Gasteiger partial charge in [0.05, 0.1) is 18.9 Å². The average molecular weight is 321 g/mol. The Balaban J connectivity index is 1.81. The third kappa shape index (κ3) is 3.14. The van der Waals surface area contributed by atoms with Crippen molar-refractivity contribution in [2.75, 3.05) is 18.5 Å². The number of ether oxygens (including phenoxy) is 2. The van der Waals surface area contributed by atoms with Crippen molar-refractivity contribution >= 4 is 17.3 Å². The Morgan fingerprint density at radius 1 is 1.27 bits per heavy atom. The Morgan fingerprint density at radius 2 is 2.05 bits per heavy atom. The quantitative estimate of drug-likeness (QED) is 0.904. The molecule has 0 spiro atoms. The molecule has 2 heterocycles. The first-order chi connectivity index (χ1) is 10.6. The third-order valence-corrected chi connectivity index (χ3v) is 4.23. The minimum Gasteiger partial charge on any atom is -0.380 e. The average Bonchev–Trinajstić information content (AvgIpc) is 3.15. The van der Waals surface area contributed by atoms with Crippen LogP contribution in [-0.2, 0) is 28.4 Å². The van der Waals surface area contributed by atoms with Gasteiger partial charge in [0.1, 0.15) is 0 Å². The van der Waals surface area contributed by atoms with Crippen LogP contribution in [0.1, 0.15) is 25.0 Å². The van der Waals surface area contributed by atoms with Gasteiger partial charge in [0.2, 0.25) is 0 Å². The Hall–Kier alpha value is -1.49. The maximum Gasteiger partial charge on any atom is 0.192 e. The van der Waals surface area contributed by atoms with E-state index >= 15 is 0 Å². The number of aryl methyl sites for hydroxylation is 1. The first kappa shape index (κ1) is 15.4. The molecular weight excluding hydrogens is 300 g/mol. The molecule has 5 heteroatoms. The van der Waals surface area contributed by atoms with Crippen LogP contribution < -0.4 is 5.32 Å². The lowest BCUT2D eigenvalue weighted by atomic mass is 10.00. The molecule has 4 nitrogen and oxygen atoms in total. The zero-order valence-electron chi connectivity index (χ0n) is 12.9. The maximum atomic E-state index is 6.16. The number of hydrogen-bond donors (Lipinski definition) is 1. The molecule has 1 aromatic carbocycles. The van der Waals surface area contributed by atoms with Gasteiger partial charge in [-0.05, 0) is 37.6 Å². The number of hydrogen-bond acceptors (Lipinski definition) is 3. The Bertz CT molecular complexity index is 648. The fraction of sp³-hybridized carbons (Fsp3) is 0.412. The second-order valence-corrected chi connectivity index (χ2v) is 5.96. The van der Waals surface area contributed by atoms with E-state index in [2.05, 4.69) is 35.3 Å². The van der Waals surface area contributed by atoms with Gasteiger partial charge >= 0.3 is 0 Å². The topological polar surface area (TPSA) is 35.4 Å². The smallest absolute Gasteiger partial charge is 0.192 e. The van der Waals surface area contributed by atoms with Crippen molar-refractivity contribution in [2.45, 2.75) is 32.7 Å². The normalized spacial score (nSPS) is 16.9. The monoisotopic (exact) mass is 320 g/mol. The van der Waals surface area contributed by atoms with E-state index in [1.165, 1.54) is 0 Å². The molecule has 0 bridgehead atoms. The van der Waals surface area contributed by atoms with Crippen LogP contribution in [0.4, 0.5) is 5.69 Å². The molecule has 1 aliphatic heterocycles.